The summed E-state index contributed by atoms with van der Waals surface area (Å²) in [6.07, 6.45) is -3.13. The molecule has 164 valence electrons. The molecule has 0 spiro atoms. The Kier molecular flexibility index (Phi) is 5.32. The quantitative estimate of drug-likeness (QED) is 0.665. The van der Waals surface area contributed by atoms with Crippen LogP contribution < -0.4 is 10.2 Å². The molecule has 0 saturated carbocycles. The molecule has 0 fully saturated rings. The molecule has 10 heteroatoms. The molecule has 7 nitrogen and oxygen atoms in total. The molecular formula is C21H23F3N6O. The monoisotopic (exact) mass is 432 g/mol. The summed E-state index contributed by atoms with van der Waals surface area (Å²) in [6, 6.07) is 5.92. The van der Waals surface area contributed by atoms with Gasteiger partial charge in [-0.15, -0.1) is 5.10 Å². The highest BCUT2D eigenvalue weighted by molar-refractivity contribution is 5.91. The van der Waals surface area contributed by atoms with Gasteiger partial charge in [-0.2, -0.15) is 18.2 Å². The van der Waals surface area contributed by atoms with Gasteiger partial charge < -0.3 is 10.2 Å². The number of hydrogen-bond donors (Lipinski definition) is 1. The highest BCUT2D eigenvalue weighted by atomic mass is 19.4. The van der Waals surface area contributed by atoms with Gasteiger partial charge in [-0.05, 0) is 56.9 Å². The first-order valence-corrected chi connectivity index (χ1v) is 10.1. The third kappa shape index (κ3) is 4.06. The lowest BCUT2D eigenvalue weighted by molar-refractivity contribution is -0.144. The predicted molar refractivity (Wildman–Crippen MR) is 110 cm³/mol. The molecule has 0 atom stereocenters. The zero-order valence-corrected chi connectivity index (χ0v) is 17.5. The average Bonchev–Trinajstić information content (AvgIpc) is 3.31. The van der Waals surface area contributed by atoms with Gasteiger partial charge in [0.15, 0.2) is 0 Å². The minimum absolute atomic E-state index is 0.103. The number of rotatable bonds is 5. The smallest absolute Gasteiger partial charge is 0.371 e. The Morgan fingerprint density at radius 2 is 2.00 bits per heavy atom. The van der Waals surface area contributed by atoms with Crippen molar-refractivity contribution in [3.05, 3.63) is 46.5 Å². The van der Waals surface area contributed by atoms with E-state index in [2.05, 4.69) is 32.2 Å². The van der Waals surface area contributed by atoms with Crippen molar-refractivity contribution in [1.82, 2.24) is 19.6 Å². The van der Waals surface area contributed by atoms with Crippen LogP contribution in [0.15, 0.2) is 18.2 Å². The first-order valence-electron chi connectivity index (χ1n) is 10.1. The molecule has 3 heterocycles. The first kappa shape index (κ1) is 21.1. The third-order valence-electron chi connectivity index (χ3n) is 5.65. The Labute approximate surface area is 177 Å². The van der Waals surface area contributed by atoms with Gasteiger partial charge in [-0.1, -0.05) is 6.07 Å². The van der Waals surface area contributed by atoms with Crippen LogP contribution in [0.25, 0.3) is 5.78 Å². The Morgan fingerprint density at radius 1 is 1.23 bits per heavy atom. The molecule has 1 aliphatic heterocycles. The molecule has 1 aliphatic rings. The van der Waals surface area contributed by atoms with Gasteiger partial charge in [0.05, 0.1) is 0 Å². The van der Waals surface area contributed by atoms with E-state index in [1.807, 2.05) is 18.2 Å². The van der Waals surface area contributed by atoms with Crippen LogP contribution in [0.5, 0.6) is 0 Å². The van der Waals surface area contributed by atoms with Crippen molar-refractivity contribution in [2.75, 3.05) is 23.3 Å². The Hall–Kier alpha value is -3.17. The number of alkyl halides is 3. The summed E-state index contributed by atoms with van der Waals surface area (Å²) < 4.78 is 39.9. The van der Waals surface area contributed by atoms with Crippen LogP contribution in [0.3, 0.4) is 0 Å². The first-order chi connectivity index (χ1) is 14.7. The number of hydrogen-bond acceptors (Lipinski definition) is 5. The maximum Gasteiger partial charge on any atom is 0.453 e. The van der Waals surface area contributed by atoms with E-state index in [0.29, 0.717) is 23.4 Å². The number of aryl methyl sites for hydroxylation is 2. The van der Waals surface area contributed by atoms with Gasteiger partial charge >= 0.3 is 6.18 Å². The van der Waals surface area contributed by atoms with Crippen molar-refractivity contribution < 1.29 is 18.0 Å². The summed E-state index contributed by atoms with van der Waals surface area (Å²) in [5.74, 6) is -1.50. The highest BCUT2D eigenvalue weighted by Gasteiger charge is 2.37. The van der Waals surface area contributed by atoms with Crippen molar-refractivity contribution in [2.45, 2.75) is 46.2 Å². The fourth-order valence-corrected chi connectivity index (χ4v) is 4.00. The topological polar surface area (TPSA) is 75.4 Å². The van der Waals surface area contributed by atoms with Gasteiger partial charge in [0.25, 0.3) is 11.6 Å². The van der Waals surface area contributed by atoms with Crippen LogP contribution in [0, 0.1) is 13.8 Å². The predicted octanol–water partition coefficient (Wildman–Crippen LogP) is 3.71. The van der Waals surface area contributed by atoms with E-state index < -0.39 is 12.0 Å². The van der Waals surface area contributed by atoms with Crippen LogP contribution in [0.2, 0.25) is 0 Å². The molecule has 0 aliphatic carbocycles. The van der Waals surface area contributed by atoms with E-state index in [1.165, 1.54) is 5.56 Å². The number of benzene rings is 1. The molecule has 0 radical (unpaired) electrons. The van der Waals surface area contributed by atoms with Crippen molar-refractivity contribution in [2.24, 2.45) is 0 Å². The second kappa shape index (κ2) is 7.82. The molecule has 1 N–H and O–H groups in total. The summed E-state index contributed by atoms with van der Waals surface area (Å²) in [7, 11) is 0. The number of aromatic nitrogens is 4. The molecule has 1 amide bonds. The fraction of sp³-hybridized carbons (Fsp3) is 0.429. The van der Waals surface area contributed by atoms with Gasteiger partial charge in [0, 0.05) is 42.3 Å². The van der Waals surface area contributed by atoms with Crippen LogP contribution in [-0.4, -0.2) is 38.6 Å². The summed E-state index contributed by atoms with van der Waals surface area (Å²) in [5.41, 5.74) is 4.87. The summed E-state index contributed by atoms with van der Waals surface area (Å²) in [6.45, 7) is 7.35. The molecule has 0 unspecified atom stereocenters. The minimum Gasteiger partial charge on any atom is -0.371 e. The Bertz CT molecular complexity index is 1150. The zero-order valence-electron chi connectivity index (χ0n) is 17.5. The molecular weight excluding hydrogens is 409 g/mol. The average molecular weight is 432 g/mol. The number of fused-ring (bicyclic) bond motifs is 2. The van der Waals surface area contributed by atoms with E-state index in [4.69, 9.17) is 0 Å². The van der Waals surface area contributed by atoms with Crippen LogP contribution >= 0.6 is 0 Å². The van der Waals surface area contributed by atoms with Crippen LogP contribution in [0.1, 0.15) is 41.7 Å². The van der Waals surface area contributed by atoms with E-state index in [9.17, 15) is 18.0 Å². The van der Waals surface area contributed by atoms with Gasteiger partial charge in [-0.3, -0.25) is 4.79 Å². The largest absolute Gasteiger partial charge is 0.453 e. The second-order valence-electron chi connectivity index (χ2n) is 7.63. The molecule has 2 aromatic heterocycles. The molecule has 0 bridgehead atoms. The van der Waals surface area contributed by atoms with E-state index in [1.54, 1.807) is 13.8 Å². The lowest BCUT2D eigenvalue weighted by Gasteiger charge is -2.17. The van der Waals surface area contributed by atoms with Gasteiger partial charge in [0.1, 0.15) is 0 Å². The Balaban J connectivity index is 1.48. The lowest BCUT2D eigenvalue weighted by Crippen LogP contribution is -2.19. The van der Waals surface area contributed by atoms with Crippen molar-refractivity contribution in [1.29, 1.82) is 0 Å². The summed E-state index contributed by atoms with van der Waals surface area (Å²) >= 11 is 0. The molecule has 4 rings (SSSR count). The lowest BCUT2D eigenvalue weighted by atomic mass is 10.1. The van der Waals surface area contributed by atoms with Gasteiger partial charge in [-0.25, -0.2) is 9.50 Å². The number of carbonyl (C=O) groups is 1. The number of anilines is 2. The number of nitrogens with zero attached hydrogens (tertiary/aromatic N) is 5. The van der Waals surface area contributed by atoms with Crippen LogP contribution in [-0.2, 0) is 23.8 Å². The number of amides is 1. The Morgan fingerprint density at radius 3 is 2.71 bits per heavy atom. The van der Waals surface area contributed by atoms with Crippen molar-refractivity contribution >= 4 is 23.1 Å². The molecule has 31 heavy (non-hydrogen) atoms. The summed E-state index contributed by atoms with van der Waals surface area (Å²) in [5, 5.41) is 6.46. The maximum atomic E-state index is 12.9. The molecule has 1 aromatic carbocycles. The van der Waals surface area contributed by atoms with E-state index in [0.717, 1.165) is 35.4 Å². The second-order valence-corrected chi connectivity index (χ2v) is 7.63. The van der Waals surface area contributed by atoms with E-state index >= 15 is 0 Å². The number of likely N-dealkylation sites (N-methyl/N-ethyl adjacent to an activating group) is 1. The van der Waals surface area contributed by atoms with Crippen LogP contribution in [0.4, 0.5) is 24.5 Å². The van der Waals surface area contributed by atoms with Crippen molar-refractivity contribution in [3.8, 4) is 0 Å². The SMILES string of the molecule is CCN1CCc2ccc(NC(=O)CCc3c(C)nc4nc(C(F)(F)F)nn4c3C)cc21. The minimum atomic E-state index is -4.64. The standard InChI is InChI=1S/C21H23F3N6O/c1-4-29-10-9-14-5-6-15(11-17(14)29)26-18(31)8-7-16-12(2)25-20-27-19(21(22,23)24)28-30(20)13(16)3/h5-6,11H,4,7-10H2,1-3H3,(H,26,31). The van der Waals surface area contributed by atoms with E-state index in [-0.39, 0.29) is 18.1 Å². The number of nitrogens with one attached hydrogen (secondary N) is 1. The van der Waals surface area contributed by atoms with Gasteiger partial charge in [0.2, 0.25) is 5.91 Å². The zero-order chi connectivity index (χ0) is 22.3. The maximum absolute atomic E-state index is 12.9. The fourth-order valence-electron chi connectivity index (χ4n) is 4.00. The normalized spacial score (nSPS) is 13.7. The highest BCUT2D eigenvalue weighted by Crippen LogP contribution is 2.31. The third-order valence-corrected chi connectivity index (χ3v) is 5.65. The molecule has 3 aromatic rings. The number of carbonyl (C=O) groups excluding carboxylic acids is 1. The molecule has 0 saturated heterocycles. The number of halogens is 3. The van der Waals surface area contributed by atoms with Crippen molar-refractivity contribution in [3.63, 3.8) is 0 Å². The summed E-state index contributed by atoms with van der Waals surface area (Å²) in [4.78, 5) is 22.4.